The first-order chi connectivity index (χ1) is 7.65. The van der Waals surface area contributed by atoms with Gasteiger partial charge in [-0.15, -0.1) is 0 Å². The molecule has 1 aromatic carbocycles. The van der Waals surface area contributed by atoms with E-state index in [1.54, 1.807) is 24.4 Å². The van der Waals surface area contributed by atoms with Gasteiger partial charge < -0.3 is 11.1 Å². The van der Waals surface area contributed by atoms with Gasteiger partial charge in [-0.05, 0) is 40.2 Å². The Labute approximate surface area is 101 Å². The first-order valence-corrected chi connectivity index (χ1v) is 5.38. The third kappa shape index (κ3) is 2.49. The van der Waals surface area contributed by atoms with Gasteiger partial charge in [-0.1, -0.05) is 0 Å². The van der Waals surface area contributed by atoms with Gasteiger partial charge >= 0.3 is 0 Å². The Balaban J connectivity index is 2.30. The third-order valence-electron chi connectivity index (χ3n) is 1.99. The molecular weight excluding hydrogens is 273 g/mol. The molecule has 3 N–H and O–H groups in total. The Hall–Kier alpha value is -1.62. The summed E-state index contributed by atoms with van der Waals surface area (Å²) < 4.78 is 13.8. The number of nitrogen functional groups attached to an aromatic ring is 1. The van der Waals surface area contributed by atoms with Crippen LogP contribution in [0.5, 0.6) is 0 Å². The summed E-state index contributed by atoms with van der Waals surface area (Å²) in [5.41, 5.74) is 6.95. The highest BCUT2D eigenvalue weighted by atomic mass is 79.9. The van der Waals surface area contributed by atoms with Gasteiger partial charge in [-0.2, -0.15) is 0 Å². The van der Waals surface area contributed by atoms with E-state index in [9.17, 15) is 4.39 Å². The summed E-state index contributed by atoms with van der Waals surface area (Å²) in [5.74, 6) is 0.116. The summed E-state index contributed by atoms with van der Waals surface area (Å²) in [6.07, 6.45) is 1.59. The van der Waals surface area contributed by atoms with Crippen molar-refractivity contribution in [1.29, 1.82) is 0 Å². The fourth-order valence-corrected chi connectivity index (χ4v) is 1.62. The van der Waals surface area contributed by atoms with E-state index in [1.165, 1.54) is 12.1 Å². The molecule has 0 aliphatic carbocycles. The lowest BCUT2D eigenvalue weighted by atomic mass is 10.3. The molecule has 3 nitrogen and oxygen atoms in total. The van der Waals surface area contributed by atoms with Gasteiger partial charge in [0.05, 0.1) is 5.69 Å². The van der Waals surface area contributed by atoms with Crippen LogP contribution in [0.4, 0.5) is 21.6 Å². The molecule has 0 radical (unpaired) electrons. The lowest BCUT2D eigenvalue weighted by Crippen LogP contribution is -1.95. The molecule has 0 saturated carbocycles. The lowest BCUT2D eigenvalue weighted by Gasteiger charge is -2.08. The number of nitrogens with one attached hydrogen (secondary N) is 1. The topological polar surface area (TPSA) is 50.9 Å². The maximum absolute atomic E-state index is 13.0. The minimum absolute atomic E-state index is 0.298. The van der Waals surface area contributed by atoms with Crippen molar-refractivity contribution in [3.05, 3.63) is 46.8 Å². The predicted molar refractivity (Wildman–Crippen MR) is 66.0 cm³/mol. The van der Waals surface area contributed by atoms with Crippen LogP contribution >= 0.6 is 15.9 Å². The number of benzene rings is 1. The number of hydrogen-bond donors (Lipinski definition) is 2. The number of pyridine rings is 1. The second-order valence-corrected chi connectivity index (χ2v) is 4.07. The molecular formula is C11H9BrFN3. The maximum atomic E-state index is 13.0. The molecule has 0 saturated heterocycles. The van der Waals surface area contributed by atoms with Crippen molar-refractivity contribution < 1.29 is 4.39 Å². The minimum Gasteiger partial charge on any atom is -0.384 e. The van der Waals surface area contributed by atoms with Crippen LogP contribution in [-0.4, -0.2) is 4.98 Å². The fraction of sp³-hybridized carbons (Fsp3) is 0. The molecule has 1 aromatic heterocycles. The SMILES string of the molecule is Nc1cc(Nc2cc(F)ccc2Br)ccn1. The van der Waals surface area contributed by atoms with Crippen molar-refractivity contribution in [2.45, 2.75) is 0 Å². The molecule has 16 heavy (non-hydrogen) atoms. The first-order valence-electron chi connectivity index (χ1n) is 4.59. The summed E-state index contributed by atoms with van der Waals surface area (Å²) in [6.45, 7) is 0. The highest BCUT2D eigenvalue weighted by Gasteiger charge is 2.02. The zero-order chi connectivity index (χ0) is 11.5. The molecule has 0 unspecified atom stereocenters. The maximum Gasteiger partial charge on any atom is 0.125 e. The largest absolute Gasteiger partial charge is 0.384 e. The van der Waals surface area contributed by atoms with Gasteiger partial charge in [0, 0.05) is 22.4 Å². The first kappa shape index (κ1) is 10.9. The molecule has 0 aliphatic rings. The highest BCUT2D eigenvalue weighted by molar-refractivity contribution is 9.10. The van der Waals surface area contributed by atoms with Crippen molar-refractivity contribution >= 4 is 33.1 Å². The average Bonchev–Trinajstić information content (AvgIpc) is 2.24. The number of halogens is 2. The molecule has 0 fully saturated rings. The minimum atomic E-state index is -0.298. The molecule has 0 spiro atoms. The molecule has 5 heteroatoms. The second-order valence-electron chi connectivity index (χ2n) is 3.22. The summed E-state index contributed by atoms with van der Waals surface area (Å²) in [5, 5.41) is 3.05. The van der Waals surface area contributed by atoms with Crippen LogP contribution in [0.25, 0.3) is 0 Å². The van der Waals surface area contributed by atoms with Crippen molar-refractivity contribution in [1.82, 2.24) is 4.98 Å². The Kier molecular flexibility index (Phi) is 3.05. The monoisotopic (exact) mass is 281 g/mol. The Morgan fingerprint density at radius 3 is 2.81 bits per heavy atom. The van der Waals surface area contributed by atoms with Crippen LogP contribution in [0.15, 0.2) is 41.0 Å². The summed E-state index contributed by atoms with van der Waals surface area (Å²) in [7, 11) is 0. The summed E-state index contributed by atoms with van der Waals surface area (Å²) in [4.78, 5) is 3.87. The van der Waals surface area contributed by atoms with E-state index < -0.39 is 0 Å². The van der Waals surface area contributed by atoms with Crippen LogP contribution in [-0.2, 0) is 0 Å². The Morgan fingerprint density at radius 1 is 1.25 bits per heavy atom. The number of rotatable bonds is 2. The molecule has 1 heterocycles. The number of nitrogens with two attached hydrogens (primary N) is 1. The normalized spacial score (nSPS) is 10.1. The molecule has 0 atom stereocenters. The smallest absolute Gasteiger partial charge is 0.125 e. The van der Waals surface area contributed by atoms with Crippen LogP contribution < -0.4 is 11.1 Å². The molecule has 82 valence electrons. The molecule has 0 bridgehead atoms. The van der Waals surface area contributed by atoms with Gasteiger partial charge in [-0.25, -0.2) is 9.37 Å². The predicted octanol–water partition coefficient (Wildman–Crippen LogP) is 3.31. The highest BCUT2D eigenvalue weighted by Crippen LogP contribution is 2.26. The van der Waals surface area contributed by atoms with Crippen LogP contribution in [0.3, 0.4) is 0 Å². The van der Waals surface area contributed by atoms with Crippen LogP contribution in [0.1, 0.15) is 0 Å². The van der Waals surface area contributed by atoms with Gasteiger partial charge in [-0.3, -0.25) is 0 Å². The number of aromatic nitrogens is 1. The molecule has 0 amide bonds. The van der Waals surface area contributed by atoms with Crippen molar-refractivity contribution in [3.8, 4) is 0 Å². The zero-order valence-electron chi connectivity index (χ0n) is 8.24. The van der Waals surface area contributed by atoms with Crippen molar-refractivity contribution in [2.75, 3.05) is 11.1 Å². The van der Waals surface area contributed by atoms with Crippen LogP contribution in [0.2, 0.25) is 0 Å². The van der Waals surface area contributed by atoms with Gasteiger partial charge in [0.2, 0.25) is 0 Å². The number of anilines is 3. The summed E-state index contributed by atoms with van der Waals surface area (Å²) >= 11 is 3.33. The average molecular weight is 282 g/mol. The van der Waals surface area contributed by atoms with Crippen molar-refractivity contribution in [3.63, 3.8) is 0 Å². The van der Waals surface area contributed by atoms with E-state index in [4.69, 9.17) is 5.73 Å². The van der Waals surface area contributed by atoms with E-state index in [0.29, 0.717) is 11.5 Å². The Bertz CT molecular complexity index is 516. The zero-order valence-corrected chi connectivity index (χ0v) is 9.83. The van der Waals surface area contributed by atoms with E-state index >= 15 is 0 Å². The number of nitrogens with zero attached hydrogens (tertiary/aromatic N) is 1. The third-order valence-corrected chi connectivity index (χ3v) is 2.68. The fourth-order valence-electron chi connectivity index (χ4n) is 1.27. The second kappa shape index (κ2) is 4.49. The molecule has 0 aliphatic heterocycles. The van der Waals surface area contributed by atoms with E-state index in [-0.39, 0.29) is 5.82 Å². The van der Waals surface area contributed by atoms with Gasteiger partial charge in [0.15, 0.2) is 0 Å². The quantitative estimate of drug-likeness (QED) is 0.888. The van der Waals surface area contributed by atoms with Crippen LogP contribution in [0, 0.1) is 5.82 Å². The Morgan fingerprint density at radius 2 is 2.06 bits per heavy atom. The van der Waals surface area contributed by atoms with E-state index in [1.807, 2.05) is 0 Å². The molecule has 2 aromatic rings. The van der Waals surface area contributed by atoms with Gasteiger partial charge in [0.25, 0.3) is 0 Å². The number of hydrogen-bond acceptors (Lipinski definition) is 3. The van der Waals surface area contributed by atoms with Crippen molar-refractivity contribution in [2.24, 2.45) is 0 Å². The molecule has 2 rings (SSSR count). The van der Waals surface area contributed by atoms with E-state index in [0.717, 1.165) is 10.2 Å². The van der Waals surface area contributed by atoms with Gasteiger partial charge in [0.1, 0.15) is 11.6 Å². The van der Waals surface area contributed by atoms with E-state index in [2.05, 4.69) is 26.2 Å². The summed E-state index contributed by atoms with van der Waals surface area (Å²) in [6, 6.07) is 7.87. The standard InChI is InChI=1S/C11H9BrFN3/c12-9-2-1-7(13)5-10(9)16-8-3-4-15-11(14)6-8/h1-6H,(H3,14,15,16). The lowest BCUT2D eigenvalue weighted by molar-refractivity contribution is 0.628.